The zero-order chi connectivity index (χ0) is 11.4. The van der Waals surface area contributed by atoms with E-state index in [1.807, 2.05) is 0 Å². The molecule has 0 fully saturated rings. The fourth-order valence-corrected chi connectivity index (χ4v) is 0.970. The van der Waals surface area contributed by atoms with Gasteiger partial charge in [-0.2, -0.15) is 0 Å². The van der Waals surface area contributed by atoms with Crippen molar-refractivity contribution in [2.45, 2.75) is 0 Å². The molecule has 5 N–H and O–H groups in total. The Morgan fingerprint density at radius 3 is 2.60 bits per heavy atom. The van der Waals surface area contributed by atoms with E-state index in [1.54, 1.807) is 0 Å². The third-order valence-corrected chi connectivity index (χ3v) is 1.70. The number of carbonyl (C=O) groups excluding carboxylic acids is 1. The summed E-state index contributed by atoms with van der Waals surface area (Å²) < 4.78 is 0. The van der Waals surface area contributed by atoms with Gasteiger partial charge in [0.2, 0.25) is 5.91 Å². The van der Waals surface area contributed by atoms with E-state index in [0.717, 1.165) is 6.07 Å². The van der Waals surface area contributed by atoms with E-state index >= 15 is 0 Å². The number of benzene rings is 1. The lowest BCUT2D eigenvalue weighted by atomic mass is 10.2. The van der Waals surface area contributed by atoms with Crippen molar-refractivity contribution in [1.29, 1.82) is 0 Å². The van der Waals surface area contributed by atoms with Gasteiger partial charge in [-0.1, -0.05) is 0 Å². The van der Waals surface area contributed by atoms with Crippen LogP contribution in [-0.2, 0) is 4.79 Å². The summed E-state index contributed by atoms with van der Waals surface area (Å²) in [5.74, 6) is -1.85. The summed E-state index contributed by atoms with van der Waals surface area (Å²) in [4.78, 5) is 21.5. The van der Waals surface area contributed by atoms with Gasteiger partial charge in [0, 0.05) is 0 Å². The number of phenols is 1. The van der Waals surface area contributed by atoms with Gasteiger partial charge in [-0.3, -0.25) is 4.79 Å². The van der Waals surface area contributed by atoms with Crippen molar-refractivity contribution in [1.82, 2.24) is 0 Å². The number of aromatic hydroxyl groups is 1. The number of aromatic carboxylic acids is 1. The molecule has 1 rings (SSSR count). The number of carboxylic acids is 1. The van der Waals surface area contributed by atoms with Crippen LogP contribution >= 0.6 is 0 Å². The highest BCUT2D eigenvalue weighted by Gasteiger charge is 2.09. The first kappa shape index (κ1) is 11.0. The molecule has 0 atom stereocenters. The molecule has 0 aliphatic rings. The summed E-state index contributed by atoms with van der Waals surface area (Å²) in [5.41, 5.74) is 5.06. The lowest BCUT2D eigenvalue weighted by Gasteiger charge is -2.06. The molecule has 0 heterocycles. The molecular weight excluding hydrogens is 200 g/mol. The molecular formula is C9H10N2O4. The Kier molecular flexibility index (Phi) is 3.25. The van der Waals surface area contributed by atoms with Crippen LogP contribution in [0, 0.1) is 0 Å². The molecule has 0 aliphatic heterocycles. The van der Waals surface area contributed by atoms with Gasteiger partial charge in [0.05, 0.1) is 17.8 Å². The summed E-state index contributed by atoms with van der Waals surface area (Å²) >= 11 is 0. The standard InChI is InChI=1S/C9H10N2O4/c10-4-8(13)11-6-3-5(9(14)15)1-2-7(6)12/h1-3,12H,4,10H2,(H,11,13)(H,14,15). The molecule has 0 aliphatic carbocycles. The maximum Gasteiger partial charge on any atom is 0.335 e. The van der Waals surface area contributed by atoms with Gasteiger partial charge in [0.15, 0.2) is 0 Å². The van der Waals surface area contributed by atoms with Crippen molar-refractivity contribution in [2.24, 2.45) is 5.73 Å². The minimum atomic E-state index is -1.14. The molecule has 0 saturated carbocycles. The van der Waals surface area contributed by atoms with E-state index in [1.165, 1.54) is 12.1 Å². The Balaban J connectivity index is 3.00. The molecule has 0 radical (unpaired) electrons. The summed E-state index contributed by atoms with van der Waals surface area (Å²) in [5, 5.41) is 20.3. The largest absolute Gasteiger partial charge is 0.506 e. The Bertz CT molecular complexity index is 403. The lowest BCUT2D eigenvalue weighted by Crippen LogP contribution is -2.22. The second kappa shape index (κ2) is 4.43. The third kappa shape index (κ3) is 2.68. The van der Waals surface area contributed by atoms with Gasteiger partial charge in [-0.25, -0.2) is 4.79 Å². The molecule has 80 valence electrons. The molecule has 0 aromatic heterocycles. The van der Waals surface area contributed by atoms with Crippen LogP contribution in [0.15, 0.2) is 18.2 Å². The number of hydrogen-bond acceptors (Lipinski definition) is 4. The number of carbonyl (C=O) groups is 2. The van der Waals surface area contributed by atoms with Crippen molar-refractivity contribution >= 4 is 17.6 Å². The minimum absolute atomic E-state index is 0.0277. The summed E-state index contributed by atoms with van der Waals surface area (Å²) in [6.07, 6.45) is 0. The number of phenolic OH excluding ortho intramolecular Hbond substituents is 1. The molecule has 6 heteroatoms. The first-order valence-electron chi connectivity index (χ1n) is 4.11. The van der Waals surface area contributed by atoms with E-state index < -0.39 is 11.9 Å². The summed E-state index contributed by atoms with van der Waals surface area (Å²) in [7, 11) is 0. The van der Waals surface area contributed by atoms with Crippen LogP contribution in [0.3, 0.4) is 0 Å². The normalized spacial score (nSPS) is 9.67. The number of hydrogen-bond donors (Lipinski definition) is 4. The second-order valence-corrected chi connectivity index (χ2v) is 2.79. The van der Waals surface area contributed by atoms with Crippen LogP contribution in [0.5, 0.6) is 5.75 Å². The smallest absolute Gasteiger partial charge is 0.335 e. The molecule has 0 bridgehead atoms. The highest BCUT2D eigenvalue weighted by Crippen LogP contribution is 2.23. The Morgan fingerprint density at radius 1 is 1.40 bits per heavy atom. The van der Waals surface area contributed by atoms with Crippen molar-refractivity contribution < 1.29 is 19.8 Å². The topological polar surface area (TPSA) is 113 Å². The molecule has 1 aromatic carbocycles. The number of amides is 1. The number of nitrogens with one attached hydrogen (secondary N) is 1. The van der Waals surface area contributed by atoms with Gasteiger partial charge in [-0.05, 0) is 18.2 Å². The summed E-state index contributed by atoms with van der Waals surface area (Å²) in [6.45, 7) is -0.239. The van der Waals surface area contributed by atoms with Crippen LogP contribution in [0.2, 0.25) is 0 Å². The number of anilines is 1. The molecule has 0 unspecified atom stereocenters. The van der Waals surface area contributed by atoms with Crippen molar-refractivity contribution in [2.75, 3.05) is 11.9 Å². The average molecular weight is 210 g/mol. The van der Waals surface area contributed by atoms with Crippen LogP contribution in [0.4, 0.5) is 5.69 Å². The molecule has 0 spiro atoms. The quantitative estimate of drug-likeness (QED) is 0.524. The number of rotatable bonds is 3. The molecule has 1 aromatic rings. The maximum atomic E-state index is 10.9. The van der Waals surface area contributed by atoms with Gasteiger partial charge in [0.25, 0.3) is 0 Å². The maximum absolute atomic E-state index is 10.9. The number of carboxylic acid groups (broad SMARTS) is 1. The molecule has 0 saturated heterocycles. The average Bonchev–Trinajstić information content (AvgIpc) is 2.20. The van der Waals surface area contributed by atoms with E-state index in [0.29, 0.717) is 0 Å². The van der Waals surface area contributed by atoms with Gasteiger partial charge in [0.1, 0.15) is 5.75 Å². The summed E-state index contributed by atoms with van der Waals surface area (Å²) in [6, 6.07) is 3.58. The number of nitrogens with two attached hydrogens (primary N) is 1. The minimum Gasteiger partial charge on any atom is -0.506 e. The van der Waals surface area contributed by atoms with Gasteiger partial charge >= 0.3 is 5.97 Å². The Hall–Kier alpha value is -2.08. The third-order valence-electron chi connectivity index (χ3n) is 1.70. The van der Waals surface area contributed by atoms with Crippen LogP contribution < -0.4 is 11.1 Å². The van der Waals surface area contributed by atoms with Gasteiger partial charge in [-0.15, -0.1) is 0 Å². The van der Waals surface area contributed by atoms with Crippen molar-refractivity contribution in [3.05, 3.63) is 23.8 Å². The predicted octanol–water partition coefficient (Wildman–Crippen LogP) is -0.0124. The van der Waals surface area contributed by atoms with E-state index in [4.69, 9.17) is 10.8 Å². The van der Waals surface area contributed by atoms with E-state index in [-0.39, 0.29) is 23.5 Å². The van der Waals surface area contributed by atoms with Crippen LogP contribution in [0.25, 0.3) is 0 Å². The zero-order valence-corrected chi connectivity index (χ0v) is 7.73. The fourth-order valence-electron chi connectivity index (χ4n) is 0.970. The molecule has 15 heavy (non-hydrogen) atoms. The van der Waals surface area contributed by atoms with Crippen LogP contribution in [-0.4, -0.2) is 28.6 Å². The zero-order valence-electron chi connectivity index (χ0n) is 7.73. The SMILES string of the molecule is NCC(=O)Nc1cc(C(=O)O)ccc1O. The first-order chi connectivity index (χ1) is 7.04. The molecule has 1 amide bonds. The lowest BCUT2D eigenvalue weighted by molar-refractivity contribution is -0.114. The predicted molar refractivity (Wildman–Crippen MR) is 52.8 cm³/mol. The monoisotopic (exact) mass is 210 g/mol. The van der Waals surface area contributed by atoms with Crippen molar-refractivity contribution in [3.8, 4) is 5.75 Å². The molecule has 6 nitrogen and oxygen atoms in total. The van der Waals surface area contributed by atoms with Crippen molar-refractivity contribution in [3.63, 3.8) is 0 Å². The fraction of sp³-hybridized carbons (Fsp3) is 0.111. The highest BCUT2D eigenvalue weighted by molar-refractivity contribution is 5.96. The van der Waals surface area contributed by atoms with Crippen LogP contribution in [0.1, 0.15) is 10.4 Å². The highest BCUT2D eigenvalue weighted by atomic mass is 16.4. The van der Waals surface area contributed by atoms with E-state index in [2.05, 4.69) is 5.32 Å². The Morgan fingerprint density at radius 2 is 2.07 bits per heavy atom. The van der Waals surface area contributed by atoms with E-state index in [9.17, 15) is 14.7 Å². The second-order valence-electron chi connectivity index (χ2n) is 2.79. The first-order valence-corrected chi connectivity index (χ1v) is 4.11. The van der Waals surface area contributed by atoms with Gasteiger partial charge < -0.3 is 21.3 Å². The Labute approximate surface area is 85.3 Å².